The number of carbonyl (C=O) groups is 1. The molecule has 0 radical (unpaired) electrons. The summed E-state index contributed by atoms with van der Waals surface area (Å²) in [6.07, 6.45) is 4.30. The van der Waals surface area contributed by atoms with Crippen molar-refractivity contribution in [3.8, 4) is 0 Å². The number of carbonyl (C=O) groups excluding carboxylic acids is 1. The van der Waals surface area contributed by atoms with Gasteiger partial charge in [-0.1, -0.05) is 31.4 Å². The van der Waals surface area contributed by atoms with Crippen molar-refractivity contribution in [2.45, 2.75) is 39.5 Å². The molecule has 1 N–H and O–H groups in total. The third-order valence-corrected chi connectivity index (χ3v) is 3.93. The number of benzene rings is 1. The molecule has 1 saturated carbocycles. The molecule has 0 unspecified atom stereocenters. The number of hydrogen-bond acceptors (Lipinski definition) is 1. The Hall–Kier alpha value is -1.02. The highest BCUT2D eigenvalue weighted by Gasteiger charge is 2.36. The number of aryl methyl sites for hydroxylation is 1. The lowest BCUT2D eigenvalue weighted by molar-refractivity contribution is -0.124. The molecule has 0 heterocycles. The van der Waals surface area contributed by atoms with E-state index < -0.39 is 0 Å². The van der Waals surface area contributed by atoms with E-state index in [4.69, 9.17) is 11.6 Å². The molecule has 0 aromatic heterocycles. The minimum absolute atomic E-state index is 0.139. The van der Waals surface area contributed by atoms with Gasteiger partial charge in [0.15, 0.2) is 0 Å². The van der Waals surface area contributed by atoms with Gasteiger partial charge in [0.25, 0.3) is 0 Å². The van der Waals surface area contributed by atoms with Gasteiger partial charge in [0.05, 0.1) is 0 Å². The lowest BCUT2D eigenvalue weighted by Gasteiger charge is -2.22. The van der Waals surface area contributed by atoms with Crippen LogP contribution < -0.4 is 5.32 Å². The largest absolute Gasteiger partial charge is 0.325 e. The van der Waals surface area contributed by atoms with Gasteiger partial charge >= 0.3 is 0 Å². The molecular formula is C14H18ClNO. The quantitative estimate of drug-likeness (QED) is 0.840. The first kappa shape index (κ1) is 12.4. The molecule has 0 aliphatic heterocycles. The highest BCUT2D eigenvalue weighted by molar-refractivity contribution is 6.30. The van der Waals surface area contributed by atoms with E-state index in [9.17, 15) is 4.79 Å². The fraction of sp³-hybridized carbons (Fsp3) is 0.500. The molecule has 1 aromatic rings. The van der Waals surface area contributed by atoms with Gasteiger partial charge in [0, 0.05) is 16.1 Å². The first-order chi connectivity index (χ1) is 8.01. The van der Waals surface area contributed by atoms with E-state index in [1.165, 1.54) is 0 Å². The second-order valence-electron chi connectivity index (χ2n) is 5.18. The monoisotopic (exact) mass is 251 g/mol. The molecule has 1 amide bonds. The van der Waals surface area contributed by atoms with Crippen molar-refractivity contribution in [2.24, 2.45) is 5.41 Å². The van der Waals surface area contributed by atoms with Crippen LogP contribution in [0.25, 0.3) is 0 Å². The van der Waals surface area contributed by atoms with Crippen molar-refractivity contribution in [1.29, 1.82) is 0 Å². The van der Waals surface area contributed by atoms with Crippen LogP contribution in [0.1, 0.15) is 38.2 Å². The van der Waals surface area contributed by atoms with Crippen LogP contribution in [0.15, 0.2) is 18.2 Å². The van der Waals surface area contributed by atoms with Crippen LogP contribution in [-0.4, -0.2) is 5.91 Å². The predicted molar refractivity (Wildman–Crippen MR) is 71.4 cm³/mol. The van der Waals surface area contributed by atoms with E-state index in [2.05, 4.69) is 12.2 Å². The van der Waals surface area contributed by atoms with E-state index in [0.29, 0.717) is 5.02 Å². The summed E-state index contributed by atoms with van der Waals surface area (Å²) >= 11 is 5.90. The van der Waals surface area contributed by atoms with E-state index in [1.54, 1.807) is 6.07 Å². The lowest BCUT2D eigenvalue weighted by Crippen LogP contribution is -2.31. The van der Waals surface area contributed by atoms with Gasteiger partial charge < -0.3 is 5.32 Å². The van der Waals surface area contributed by atoms with Gasteiger partial charge in [-0.3, -0.25) is 4.79 Å². The molecule has 1 fully saturated rings. The van der Waals surface area contributed by atoms with Crippen molar-refractivity contribution in [3.05, 3.63) is 28.8 Å². The molecular weight excluding hydrogens is 234 g/mol. The van der Waals surface area contributed by atoms with Crippen molar-refractivity contribution in [2.75, 3.05) is 5.32 Å². The summed E-state index contributed by atoms with van der Waals surface area (Å²) in [4.78, 5) is 12.2. The molecule has 0 spiro atoms. The Morgan fingerprint density at radius 1 is 1.35 bits per heavy atom. The molecule has 92 valence electrons. The zero-order chi connectivity index (χ0) is 12.5. The van der Waals surface area contributed by atoms with Crippen molar-refractivity contribution in [3.63, 3.8) is 0 Å². The summed E-state index contributed by atoms with van der Waals surface area (Å²) in [6.45, 7) is 4.01. The molecule has 17 heavy (non-hydrogen) atoms. The van der Waals surface area contributed by atoms with Crippen LogP contribution in [0.3, 0.4) is 0 Å². The highest BCUT2D eigenvalue weighted by Crippen LogP contribution is 2.38. The Bertz CT molecular complexity index is 436. The first-order valence-electron chi connectivity index (χ1n) is 6.09. The lowest BCUT2D eigenvalue weighted by atomic mass is 9.87. The second-order valence-corrected chi connectivity index (χ2v) is 5.62. The van der Waals surface area contributed by atoms with Gasteiger partial charge in [0.1, 0.15) is 0 Å². The van der Waals surface area contributed by atoms with E-state index in [-0.39, 0.29) is 11.3 Å². The van der Waals surface area contributed by atoms with Gasteiger partial charge in [-0.25, -0.2) is 0 Å². The topological polar surface area (TPSA) is 29.1 Å². The van der Waals surface area contributed by atoms with Crippen molar-refractivity contribution in [1.82, 2.24) is 0 Å². The van der Waals surface area contributed by atoms with Crippen LogP contribution in [0, 0.1) is 12.3 Å². The van der Waals surface area contributed by atoms with E-state index in [1.807, 2.05) is 19.1 Å². The van der Waals surface area contributed by atoms with Gasteiger partial charge in [-0.05, 0) is 43.5 Å². The summed E-state index contributed by atoms with van der Waals surface area (Å²) in [5.74, 6) is 0.139. The molecule has 1 aliphatic carbocycles. The highest BCUT2D eigenvalue weighted by atomic mass is 35.5. The molecule has 2 rings (SSSR count). The molecule has 0 atom stereocenters. The second kappa shape index (κ2) is 4.69. The molecule has 0 bridgehead atoms. The Balaban J connectivity index is 2.13. The van der Waals surface area contributed by atoms with Gasteiger partial charge in [-0.15, -0.1) is 0 Å². The van der Waals surface area contributed by atoms with Gasteiger partial charge in [0.2, 0.25) is 5.91 Å². The van der Waals surface area contributed by atoms with Crippen LogP contribution in [0.5, 0.6) is 0 Å². The van der Waals surface area contributed by atoms with E-state index >= 15 is 0 Å². The number of halogens is 1. The fourth-order valence-corrected chi connectivity index (χ4v) is 2.65. The van der Waals surface area contributed by atoms with Gasteiger partial charge in [-0.2, -0.15) is 0 Å². The predicted octanol–water partition coefficient (Wildman–Crippen LogP) is 4.17. The SMILES string of the molecule is Cc1cc(Cl)ccc1NC(=O)C1(C)CCCC1. The molecule has 3 heteroatoms. The number of anilines is 1. The summed E-state index contributed by atoms with van der Waals surface area (Å²) < 4.78 is 0. The third kappa shape index (κ3) is 2.63. The zero-order valence-corrected chi connectivity index (χ0v) is 11.1. The summed E-state index contributed by atoms with van der Waals surface area (Å²) in [5, 5.41) is 3.72. The number of hydrogen-bond donors (Lipinski definition) is 1. The molecule has 0 saturated heterocycles. The maximum Gasteiger partial charge on any atom is 0.230 e. The minimum atomic E-state index is -0.188. The standard InChI is InChI=1S/C14H18ClNO/c1-10-9-11(15)5-6-12(10)16-13(17)14(2)7-3-4-8-14/h5-6,9H,3-4,7-8H2,1-2H3,(H,16,17). The van der Waals surface area contributed by atoms with Crippen LogP contribution in [0.2, 0.25) is 5.02 Å². The smallest absolute Gasteiger partial charge is 0.230 e. The summed E-state index contributed by atoms with van der Waals surface area (Å²) in [7, 11) is 0. The fourth-order valence-electron chi connectivity index (χ4n) is 2.42. The number of nitrogens with one attached hydrogen (secondary N) is 1. The van der Waals surface area contributed by atoms with Crippen LogP contribution in [-0.2, 0) is 4.79 Å². The third-order valence-electron chi connectivity index (χ3n) is 3.69. The van der Waals surface area contributed by atoms with E-state index in [0.717, 1.165) is 36.9 Å². The molecule has 1 aliphatic rings. The Morgan fingerprint density at radius 2 is 2.00 bits per heavy atom. The molecule has 2 nitrogen and oxygen atoms in total. The maximum absolute atomic E-state index is 12.2. The Labute approximate surface area is 107 Å². The average molecular weight is 252 g/mol. The normalized spacial score (nSPS) is 18.1. The first-order valence-corrected chi connectivity index (χ1v) is 6.47. The summed E-state index contributed by atoms with van der Waals surface area (Å²) in [6, 6.07) is 5.54. The minimum Gasteiger partial charge on any atom is -0.325 e. The van der Waals surface area contributed by atoms with Crippen LogP contribution in [0.4, 0.5) is 5.69 Å². The van der Waals surface area contributed by atoms with Crippen molar-refractivity contribution < 1.29 is 4.79 Å². The Morgan fingerprint density at radius 3 is 2.59 bits per heavy atom. The van der Waals surface area contributed by atoms with Crippen molar-refractivity contribution >= 4 is 23.2 Å². The number of rotatable bonds is 2. The zero-order valence-electron chi connectivity index (χ0n) is 10.3. The number of amides is 1. The molecule has 1 aromatic carbocycles. The average Bonchev–Trinajstić information content (AvgIpc) is 2.71. The maximum atomic E-state index is 12.2. The Kier molecular flexibility index (Phi) is 3.43. The summed E-state index contributed by atoms with van der Waals surface area (Å²) in [5.41, 5.74) is 1.69. The van der Waals surface area contributed by atoms with Crippen LogP contribution >= 0.6 is 11.6 Å².